The zero-order chi connectivity index (χ0) is 12.3. The zero-order valence-corrected chi connectivity index (χ0v) is 9.51. The molecule has 0 atom stereocenters. The van der Waals surface area contributed by atoms with Crippen molar-refractivity contribution in [2.24, 2.45) is 5.92 Å². The van der Waals surface area contributed by atoms with Crippen LogP contribution in [0.4, 0.5) is 14.5 Å². The van der Waals surface area contributed by atoms with Crippen molar-refractivity contribution in [3.8, 4) is 0 Å². The second-order valence-electron chi connectivity index (χ2n) is 4.49. The van der Waals surface area contributed by atoms with E-state index >= 15 is 0 Å². The van der Waals surface area contributed by atoms with Crippen LogP contribution in [0.1, 0.15) is 25.7 Å². The van der Waals surface area contributed by atoms with Gasteiger partial charge in [-0.3, -0.25) is 4.79 Å². The minimum atomic E-state index is -0.839. The highest BCUT2D eigenvalue weighted by atomic mass is 19.2. The zero-order valence-electron chi connectivity index (χ0n) is 9.51. The van der Waals surface area contributed by atoms with Gasteiger partial charge in [-0.15, -0.1) is 0 Å². The lowest BCUT2D eigenvalue weighted by atomic mass is 9.88. The fourth-order valence-corrected chi connectivity index (χ4v) is 2.07. The predicted molar refractivity (Wildman–Crippen MR) is 61.8 cm³/mol. The molecule has 1 fully saturated rings. The lowest BCUT2D eigenvalue weighted by Gasteiger charge is -2.21. The Labute approximate surface area is 99.0 Å². The van der Waals surface area contributed by atoms with Gasteiger partial charge in [-0.2, -0.15) is 0 Å². The van der Waals surface area contributed by atoms with Gasteiger partial charge in [0.05, 0.1) is 0 Å². The summed E-state index contributed by atoms with van der Waals surface area (Å²) >= 11 is 0. The minimum Gasteiger partial charge on any atom is -0.385 e. The molecule has 0 heterocycles. The largest absolute Gasteiger partial charge is 0.385 e. The summed E-state index contributed by atoms with van der Waals surface area (Å²) in [4.78, 5) is 11.1. The van der Waals surface area contributed by atoms with Crippen molar-refractivity contribution in [2.75, 3.05) is 11.9 Å². The lowest BCUT2D eigenvalue weighted by molar-refractivity contribution is -0.120. The quantitative estimate of drug-likeness (QED) is 0.878. The van der Waals surface area contributed by atoms with Crippen LogP contribution in [0.2, 0.25) is 0 Å². The monoisotopic (exact) mass is 239 g/mol. The maximum absolute atomic E-state index is 12.9. The molecule has 0 spiro atoms. The van der Waals surface area contributed by atoms with Crippen molar-refractivity contribution < 1.29 is 13.6 Å². The van der Waals surface area contributed by atoms with Gasteiger partial charge in [-0.1, -0.05) is 0 Å². The maximum Gasteiger partial charge on any atom is 0.160 e. The van der Waals surface area contributed by atoms with E-state index in [2.05, 4.69) is 5.32 Å². The van der Waals surface area contributed by atoms with Crippen LogP contribution in [0.15, 0.2) is 18.2 Å². The number of halogens is 2. The molecule has 1 aromatic carbocycles. The molecule has 92 valence electrons. The number of hydrogen-bond donors (Lipinski definition) is 1. The first-order valence-electron chi connectivity index (χ1n) is 5.86. The van der Waals surface area contributed by atoms with Gasteiger partial charge < -0.3 is 5.32 Å². The van der Waals surface area contributed by atoms with Crippen LogP contribution in [0.3, 0.4) is 0 Å². The third-order valence-corrected chi connectivity index (χ3v) is 3.18. The molecule has 1 N–H and O–H groups in total. The molecule has 1 aliphatic carbocycles. The topological polar surface area (TPSA) is 29.1 Å². The average Bonchev–Trinajstić information content (AvgIpc) is 2.33. The Morgan fingerprint density at radius 2 is 1.88 bits per heavy atom. The molecule has 2 nitrogen and oxygen atoms in total. The fourth-order valence-electron chi connectivity index (χ4n) is 2.07. The van der Waals surface area contributed by atoms with Gasteiger partial charge in [0.2, 0.25) is 0 Å². The molecule has 2 rings (SSSR count). The summed E-state index contributed by atoms with van der Waals surface area (Å²) in [6.45, 7) is 0.707. The highest BCUT2D eigenvalue weighted by Gasteiger charge is 2.18. The summed E-state index contributed by atoms with van der Waals surface area (Å²) in [5.41, 5.74) is 0.584. The van der Waals surface area contributed by atoms with Crippen molar-refractivity contribution in [3.05, 3.63) is 29.8 Å². The van der Waals surface area contributed by atoms with Crippen LogP contribution < -0.4 is 5.32 Å². The van der Waals surface area contributed by atoms with Gasteiger partial charge >= 0.3 is 0 Å². The summed E-state index contributed by atoms with van der Waals surface area (Å²) < 4.78 is 25.6. The molecule has 1 saturated carbocycles. The van der Waals surface area contributed by atoms with Gasteiger partial charge in [0.1, 0.15) is 5.78 Å². The van der Waals surface area contributed by atoms with Gasteiger partial charge in [-0.25, -0.2) is 8.78 Å². The molecule has 17 heavy (non-hydrogen) atoms. The first-order chi connectivity index (χ1) is 8.15. The molecule has 1 aromatic rings. The third kappa shape index (κ3) is 3.25. The maximum atomic E-state index is 12.9. The van der Waals surface area contributed by atoms with Gasteiger partial charge in [0.15, 0.2) is 11.6 Å². The van der Waals surface area contributed by atoms with Crippen molar-refractivity contribution in [1.82, 2.24) is 0 Å². The number of ketones is 1. The molecule has 0 saturated heterocycles. The number of anilines is 1. The molecule has 1 aliphatic rings. The van der Waals surface area contributed by atoms with E-state index in [1.165, 1.54) is 6.07 Å². The number of hydrogen-bond acceptors (Lipinski definition) is 2. The molecule has 0 amide bonds. The second kappa shape index (κ2) is 5.25. The number of nitrogens with one attached hydrogen (secondary N) is 1. The van der Waals surface area contributed by atoms with E-state index in [0.717, 1.165) is 25.0 Å². The second-order valence-corrected chi connectivity index (χ2v) is 4.49. The number of benzene rings is 1. The SMILES string of the molecule is O=C1CCC(CNc2ccc(F)c(F)c2)CC1. The first-order valence-corrected chi connectivity index (χ1v) is 5.86. The van der Waals surface area contributed by atoms with Crippen molar-refractivity contribution in [3.63, 3.8) is 0 Å². The van der Waals surface area contributed by atoms with Gasteiger partial charge in [0, 0.05) is 25.1 Å². The Morgan fingerprint density at radius 1 is 1.18 bits per heavy atom. The van der Waals surface area contributed by atoms with E-state index in [-0.39, 0.29) is 0 Å². The fraction of sp³-hybridized carbons (Fsp3) is 0.462. The Morgan fingerprint density at radius 3 is 2.53 bits per heavy atom. The molecule has 0 aromatic heterocycles. The van der Waals surface area contributed by atoms with Gasteiger partial charge in [0.25, 0.3) is 0 Å². The molecule has 0 radical (unpaired) electrons. The van der Waals surface area contributed by atoms with Crippen molar-refractivity contribution in [1.29, 1.82) is 0 Å². The molecule has 0 bridgehead atoms. The van der Waals surface area contributed by atoms with Crippen molar-refractivity contribution >= 4 is 11.5 Å². The van der Waals surface area contributed by atoms with E-state index in [1.54, 1.807) is 0 Å². The molecule has 4 heteroatoms. The first kappa shape index (κ1) is 12.0. The Kier molecular flexibility index (Phi) is 3.71. The molecule has 0 unspecified atom stereocenters. The highest BCUT2D eigenvalue weighted by Crippen LogP contribution is 2.22. The van der Waals surface area contributed by atoms with Crippen LogP contribution in [0, 0.1) is 17.6 Å². The predicted octanol–water partition coefficient (Wildman–Crippen LogP) is 3.14. The van der Waals surface area contributed by atoms with Crippen LogP contribution in [-0.4, -0.2) is 12.3 Å². The number of rotatable bonds is 3. The summed E-state index contributed by atoms with van der Waals surface area (Å²) in [5.74, 6) is -0.900. The standard InChI is InChI=1S/C13H15F2NO/c14-12-6-3-10(7-13(12)15)16-8-9-1-4-11(17)5-2-9/h3,6-7,9,16H,1-2,4-5,8H2. The minimum absolute atomic E-state index is 0.328. The van der Waals surface area contributed by atoms with E-state index in [4.69, 9.17) is 0 Å². The Hall–Kier alpha value is -1.45. The van der Waals surface area contributed by atoms with Crippen molar-refractivity contribution in [2.45, 2.75) is 25.7 Å². The summed E-state index contributed by atoms with van der Waals surface area (Å²) in [6, 6.07) is 3.79. The summed E-state index contributed by atoms with van der Waals surface area (Å²) in [7, 11) is 0. The molecular formula is C13H15F2NO. The van der Waals surface area contributed by atoms with Crippen LogP contribution in [-0.2, 0) is 4.79 Å². The van der Waals surface area contributed by atoms with Crippen LogP contribution >= 0.6 is 0 Å². The summed E-state index contributed by atoms with van der Waals surface area (Å²) in [6.07, 6.45) is 3.05. The number of Topliss-reactive ketones (excluding diaryl/α,β-unsaturated/α-hetero) is 1. The average molecular weight is 239 g/mol. The lowest BCUT2D eigenvalue weighted by Crippen LogP contribution is -2.21. The van der Waals surface area contributed by atoms with Crippen LogP contribution in [0.25, 0.3) is 0 Å². The number of carbonyl (C=O) groups excluding carboxylic acids is 1. The smallest absolute Gasteiger partial charge is 0.160 e. The molecule has 0 aliphatic heterocycles. The van der Waals surface area contributed by atoms with E-state index in [9.17, 15) is 13.6 Å². The molecular weight excluding hydrogens is 224 g/mol. The Bertz CT molecular complexity index is 410. The van der Waals surface area contributed by atoms with E-state index in [1.807, 2.05) is 0 Å². The number of carbonyl (C=O) groups is 1. The van der Waals surface area contributed by atoms with E-state index < -0.39 is 11.6 Å². The summed E-state index contributed by atoms with van der Waals surface area (Å²) in [5, 5.41) is 3.08. The van der Waals surface area contributed by atoms with Gasteiger partial charge in [-0.05, 0) is 37.0 Å². The van der Waals surface area contributed by atoms with E-state index in [0.29, 0.717) is 36.8 Å². The third-order valence-electron chi connectivity index (χ3n) is 3.18. The highest BCUT2D eigenvalue weighted by molar-refractivity contribution is 5.79. The van der Waals surface area contributed by atoms with Crippen LogP contribution in [0.5, 0.6) is 0 Å². The normalized spacial score (nSPS) is 17.2. The Balaban J connectivity index is 1.85.